The molecule has 1 amide bonds. The van der Waals surface area contributed by atoms with Crippen molar-refractivity contribution >= 4 is 21.8 Å². The highest BCUT2D eigenvalue weighted by molar-refractivity contribution is 9.10. The van der Waals surface area contributed by atoms with Gasteiger partial charge < -0.3 is 10.1 Å². The maximum atomic E-state index is 11.6. The molecule has 4 heteroatoms. The van der Waals surface area contributed by atoms with Gasteiger partial charge in [-0.05, 0) is 47.0 Å². The molecule has 1 aromatic carbocycles. The molecule has 0 bridgehead atoms. The number of ether oxygens (including phenoxy) is 1. The van der Waals surface area contributed by atoms with Gasteiger partial charge in [0, 0.05) is 6.54 Å². The van der Waals surface area contributed by atoms with E-state index in [1.807, 2.05) is 25.1 Å². The fourth-order valence-corrected chi connectivity index (χ4v) is 2.48. The highest BCUT2D eigenvalue weighted by atomic mass is 79.9. The van der Waals surface area contributed by atoms with Crippen molar-refractivity contribution in [2.45, 2.75) is 46.0 Å². The molecule has 0 aliphatic heterocycles. The molecule has 3 nitrogen and oxygen atoms in total. The maximum absolute atomic E-state index is 11.6. The average Bonchev–Trinajstić information content (AvgIpc) is 2.41. The lowest BCUT2D eigenvalue weighted by molar-refractivity contribution is -0.123. The molecule has 0 fully saturated rings. The predicted molar refractivity (Wildman–Crippen MR) is 86.1 cm³/mol. The van der Waals surface area contributed by atoms with E-state index in [1.165, 1.54) is 25.7 Å². The summed E-state index contributed by atoms with van der Waals surface area (Å²) in [5, 5.41) is 2.88. The van der Waals surface area contributed by atoms with Crippen LogP contribution in [0.2, 0.25) is 0 Å². The predicted octanol–water partition coefficient (Wildman–Crippen LogP) is 4.22. The Morgan fingerprint density at radius 3 is 2.70 bits per heavy atom. The number of carbonyl (C=O) groups is 1. The van der Waals surface area contributed by atoms with E-state index in [0.717, 1.165) is 23.0 Å². The van der Waals surface area contributed by atoms with Crippen molar-refractivity contribution in [1.82, 2.24) is 5.32 Å². The van der Waals surface area contributed by atoms with Gasteiger partial charge in [-0.25, -0.2) is 0 Å². The number of hydrogen-bond donors (Lipinski definition) is 1. The van der Waals surface area contributed by atoms with Gasteiger partial charge in [0.1, 0.15) is 5.75 Å². The summed E-state index contributed by atoms with van der Waals surface area (Å²) in [4.78, 5) is 11.6. The number of halogens is 1. The largest absolute Gasteiger partial charge is 0.483 e. The second-order valence-corrected chi connectivity index (χ2v) is 5.84. The van der Waals surface area contributed by atoms with Crippen molar-refractivity contribution in [3.05, 3.63) is 28.2 Å². The number of hydrogen-bond acceptors (Lipinski definition) is 2. The van der Waals surface area contributed by atoms with Crippen LogP contribution in [0.3, 0.4) is 0 Å². The monoisotopic (exact) mass is 341 g/mol. The first-order valence-electron chi connectivity index (χ1n) is 7.29. The van der Waals surface area contributed by atoms with E-state index in [1.54, 1.807) is 0 Å². The van der Waals surface area contributed by atoms with E-state index >= 15 is 0 Å². The maximum Gasteiger partial charge on any atom is 0.257 e. The zero-order chi connectivity index (χ0) is 14.8. The molecule has 0 saturated carbocycles. The molecule has 1 rings (SSSR count). The highest BCUT2D eigenvalue weighted by Crippen LogP contribution is 2.25. The molecular formula is C16H24BrNO2. The minimum absolute atomic E-state index is 0.0621. The lowest BCUT2D eigenvalue weighted by Gasteiger charge is -2.09. The van der Waals surface area contributed by atoms with Gasteiger partial charge in [-0.1, -0.05) is 38.7 Å². The molecule has 0 atom stereocenters. The van der Waals surface area contributed by atoms with Crippen molar-refractivity contribution in [1.29, 1.82) is 0 Å². The van der Waals surface area contributed by atoms with Gasteiger partial charge in [0.2, 0.25) is 0 Å². The molecule has 0 aromatic heterocycles. The molecule has 20 heavy (non-hydrogen) atoms. The molecule has 112 valence electrons. The molecule has 1 aromatic rings. The Hall–Kier alpha value is -1.03. The van der Waals surface area contributed by atoms with Crippen LogP contribution in [-0.4, -0.2) is 19.1 Å². The van der Waals surface area contributed by atoms with Crippen LogP contribution in [-0.2, 0) is 4.79 Å². The second kappa shape index (κ2) is 9.81. The molecule has 0 heterocycles. The van der Waals surface area contributed by atoms with Crippen molar-refractivity contribution < 1.29 is 9.53 Å². The fourth-order valence-electron chi connectivity index (χ4n) is 1.87. The number of rotatable bonds is 9. The lowest BCUT2D eigenvalue weighted by atomic mass is 10.1. The lowest BCUT2D eigenvalue weighted by Crippen LogP contribution is -2.29. The van der Waals surface area contributed by atoms with Crippen LogP contribution in [0.4, 0.5) is 0 Å². The molecule has 0 aliphatic rings. The van der Waals surface area contributed by atoms with Gasteiger partial charge in [0.15, 0.2) is 6.61 Å². The summed E-state index contributed by atoms with van der Waals surface area (Å²) in [6, 6.07) is 5.81. The van der Waals surface area contributed by atoms with Crippen molar-refractivity contribution in [3.8, 4) is 5.75 Å². The number of benzene rings is 1. The summed E-state index contributed by atoms with van der Waals surface area (Å²) in [6.07, 6.45) is 5.99. The van der Waals surface area contributed by atoms with Gasteiger partial charge in [-0.3, -0.25) is 4.79 Å². The summed E-state index contributed by atoms with van der Waals surface area (Å²) in [7, 11) is 0. The smallest absolute Gasteiger partial charge is 0.257 e. The SMILES string of the molecule is CCCCCCCNC(=O)COc1ccc(C)cc1Br. The number of amides is 1. The zero-order valence-electron chi connectivity index (χ0n) is 12.4. The summed E-state index contributed by atoms with van der Waals surface area (Å²) < 4.78 is 6.37. The van der Waals surface area contributed by atoms with E-state index in [4.69, 9.17) is 4.74 Å². The Bertz CT molecular complexity index is 421. The fraction of sp³-hybridized carbons (Fsp3) is 0.562. The van der Waals surface area contributed by atoms with E-state index in [2.05, 4.69) is 28.2 Å². The molecule has 1 N–H and O–H groups in total. The Labute approximate surface area is 130 Å². The summed E-state index contributed by atoms with van der Waals surface area (Å²) >= 11 is 3.43. The molecule has 0 aliphatic carbocycles. The van der Waals surface area contributed by atoms with Gasteiger partial charge in [0.25, 0.3) is 5.91 Å². The van der Waals surface area contributed by atoms with E-state index in [9.17, 15) is 4.79 Å². The molecule has 0 spiro atoms. The Kier molecular flexibility index (Phi) is 8.35. The van der Waals surface area contributed by atoms with Crippen LogP contribution in [0.25, 0.3) is 0 Å². The van der Waals surface area contributed by atoms with Crippen molar-refractivity contribution in [2.75, 3.05) is 13.2 Å². The van der Waals surface area contributed by atoms with Crippen LogP contribution in [0.15, 0.2) is 22.7 Å². The first-order chi connectivity index (χ1) is 9.63. The molecular weight excluding hydrogens is 318 g/mol. The van der Waals surface area contributed by atoms with E-state index < -0.39 is 0 Å². The minimum Gasteiger partial charge on any atom is -0.483 e. The van der Waals surface area contributed by atoms with Crippen LogP contribution < -0.4 is 10.1 Å². The first-order valence-corrected chi connectivity index (χ1v) is 8.08. The van der Waals surface area contributed by atoms with Gasteiger partial charge in [0.05, 0.1) is 4.47 Å². The third-order valence-electron chi connectivity index (χ3n) is 3.05. The standard InChI is InChI=1S/C16H24BrNO2/c1-3-4-5-6-7-10-18-16(19)12-20-15-9-8-13(2)11-14(15)17/h8-9,11H,3-7,10,12H2,1-2H3,(H,18,19). The number of carbonyl (C=O) groups excluding carboxylic acids is 1. The number of unbranched alkanes of at least 4 members (excludes halogenated alkanes) is 4. The summed E-state index contributed by atoms with van der Waals surface area (Å²) in [5.41, 5.74) is 1.15. The minimum atomic E-state index is -0.0621. The van der Waals surface area contributed by atoms with Crippen molar-refractivity contribution in [3.63, 3.8) is 0 Å². The average molecular weight is 342 g/mol. The third kappa shape index (κ3) is 6.94. The van der Waals surface area contributed by atoms with Crippen LogP contribution >= 0.6 is 15.9 Å². The van der Waals surface area contributed by atoms with E-state index in [0.29, 0.717) is 5.75 Å². The van der Waals surface area contributed by atoms with Gasteiger partial charge in [-0.15, -0.1) is 0 Å². The second-order valence-electron chi connectivity index (χ2n) is 4.99. The quantitative estimate of drug-likeness (QED) is 0.682. The number of nitrogens with one attached hydrogen (secondary N) is 1. The van der Waals surface area contributed by atoms with Crippen LogP contribution in [0.1, 0.15) is 44.6 Å². The van der Waals surface area contributed by atoms with Gasteiger partial charge >= 0.3 is 0 Å². The van der Waals surface area contributed by atoms with Crippen molar-refractivity contribution in [2.24, 2.45) is 0 Å². The highest BCUT2D eigenvalue weighted by Gasteiger charge is 2.05. The number of aryl methyl sites for hydroxylation is 1. The van der Waals surface area contributed by atoms with Crippen LogP contribution in [0, 0.1) is 6.92 Å². The summed E-state index contributed by atoms with van der Waals surface area (Å²) in [6.45, 7) is 5.01. The summed E-state index contributed by atoms with van der Waals surface area (Å²) in [5.74, 6) is 0.640. The van der Waals surface area contributed by atoms with E-state index in [-0.39, 0.29) is 12.5 Å². The zero-order valence-corrected chi connectivity index (χ0v) is 14.0. The Morgan fingerprint density at radius 1 is 1.25 bits per heavy atom. The first kappa shape index (κ1) is 17.0. The Morgan fingerprint density at radius 2 is 2.00 bits per heavy atom. The third-order valence-corrected chi connectivity index (χ3v) is 3.67. The molecule has 0 saturated heterocycles. The molecule has 0 radical (unpaired) electrons. The van der Waals surface area contributed by atoms with Crippen LogP contribution in [0.5, 0.6) is 5.75 Å². The Balaban J connectivity index is 2.16. The molecule has 0 unspecified atom stereocenters. The van der Waals surface area contributed by atoms with Gasteiger partial charge in [-0.2, -0.15) is 0 Å². The topological polar surface area (TPSA) is 38.3 Å². The normalized spacial score (nSPS) is 10.3.